The average molecular weight is 383 g/mol. The van der Waals surface area contributed by atoms with Gasteiger partial charge in [-0.1, -0.05) is 30.3 Å². The first-order valence-corrected chi connectivity index (χ1v) is 9.69. The molecule has 3 rings (SSSR count). The van der Waals surface area contributed by atoms with Crippen molar-refractivity contribution in [2.45, 2.75) is 19.3 Å². The largest absolute Gasteiger partial charge is 0.369 e. The fourth-order valence-electron chi connectivity index (χ4n) is 3.59. The van der Waals surface area contributed by atoms with Crippen molar-refractivity contribution in [1.82, 2.24) is 10.2 Å². The maximum Gasteiger partial charge on any atom is 0.251 e. The summed E-state index contributed by atoms with van der Waals surface area (Å²) in [5.74, 6) is -0.710. The van der Waals surface area contributed by atoms with E-state index in [1.54, 1.807) is 42.5 Å². The highest BCUT2D eigenvalue weighted by molar-refractivity contribution is 5.94. The number of nitrogens with zero attached hydrogens (tertiary/aromatic N) is 1. The van der Waals surface area contributed by atoms with Gasteiger partial charge in [-0.2, -0.15) is 0 Å². The van der Waals surface area contributed by atoms with Gasteiger partial charge in [-0.3, -0.25) is 9.59 Å². The standard InChI is InChI=1S/C22H26FN3O2/c23-20-7-2-1-6-19(20)16-8-10-17(11-9-16)22(28)25-12-4-14-26-13-3-5-18(15-26)21(24)27/h1-2,6-11,18H,3-5,12-15H2,(H2,24,27)(H,25,28). The SMILES string of the molecule is NC(=O)C1CCCN(CCCNC(=O)c2ccc(-c3ccccc3F)cc2)C1. The minimum absolute atomic E-state index is 0.0590. The van der Waals surface area contributed by atoms with E-state index in [1.807, 2.05) is 0 Å². The van der Waals surface area contributed by atoms with Crippen LogP contribution in [-0.2, 0) is 4.79 Å². The van der Waals surface area contributed by atoms with E-state index in [1.165, 1.54) is 6.07 Å². The molecule has 0 aliphatic carbocycles. The van der Waals surface area contributed by atoms with Crippen molar-refractivity contribution in [2.75, 3.05) is 26.2 Å². The summed E-state index contributed by atoms with van der Waals surface area (Å²) in [4.78, 5) is 25.8. The number of benzene rings is 2. The van der Waals surface area contributed by atoms with Crippen LogP contribution in [0.4, 0.5) is 4.39 Å². The number of primary amides is 1. The minimum Gasteiger partial charge on any atom is -0.369 e. The summed E-state index contributed by atoms with van der Waals surface area (Å²) in [6.07, 6.45) is 2.66. The summed E-state index contributed by atoms with van der Waals surface area (Å²) >= 11 is 0. The van der Waals surface area contributed by atoms with Gasteiger partial charge in [-0.15, -0.1) is 0 Å². The molecule has 1 fully saturated rings. The number of carbonyl (C=O) groups is 2. The molecule has 1 heterocycles. The number of nitrogens with two attached hydrogens (primary N) is 1. The molecule has 0 spiro atoms. The lowest BCUT2D eigenvalue weighted by molar-refractivity contribution is -0.123. The molecule has 0 bridgehead atoms. The Hall–Kier alpha value is -2.73. The van der Waals surface area contributed by atoms with Gasteiger partial charge in [0.15, 0.2) is 0 Å². The Morgan fingerprint density at radius 2 is 1.89 bits per heavy atom. The van der Waals surface area contributed by atoms with Crippen molar-refractivity contribution in [3.63, 3.8) is 0 Å². The second-order valence-corrected chi connectivity index (χ2v) is 7.21. The van der Waals surface area contributed by atoms with Gasteiger partial charge in [0.1, 0.15) is 5.82 Å². The van der Waals surface area contributed by atoms with Crippen LogP contribution in [0, 0.1) is 11.7 Å². The lowest BCUT2D eigenvalue weighted by Gasteiger charge is -2.31. The van der Waals surface area contributed by atoms with Gasteiger partial charge in [-0.25, -0.2) is 4.39 Å². The van der Waals surface area contributed by atoms with E-state index in [9.17, 15) is 14.0 Å². The first-order valence-electron chi connectivity index (χ1n) is 9.69. The third-order valence-electron chi connectivity index (χ3n) is 5.18. The Kier molecular flexibility index (Phi) is 6.76. The monoisotopic (exact) mass is 383 g/mol. The van der Waals surface area contributed by atoms with E-state index in [0.717, 1.165) is 37.9 Å². The molecule has 2 aromatic carbocycles. The summed E-state index contributed by atoms with van der Waals surface area (Å²) in [7, 11) is 0. The van der Waals surface area contributed by atoms with E-state index < -0.39 is 0 Å². The zero-order chi connectivity index (χ0) is 19.9. The van der Waals surface area contributed by atoms with Crippen LogP contribution in [0.3, 0.4) is 0 Å². The molecule has 2 amide bonds. The Morgan fingerprint density at radius 1 is 1.14 bits per heavy atom. The van der Waals surface area contributed by atoms with Gasteiger partial charge in [0.05, 0.1) is 5.92 Å². The fraction of sp³-hybridized carbons (Fsp3) is 0.364. The number of carbonyl (C=O) groups excluding carboxylic acids is 2. The van der Waals surface area contributed by atoms with Crippen LogP contribution in [0.1, 0.15) is 29.6 Å². The molecule has 0 aromatic heterocycles. The van der Waals surface area contributed by atoms with E-state index in [2.05, 4.69) is 10.2 Å². The molecule has 5 nitrogen and oxygen atoms in total. The van der Waals surface area contributed by atoms with Crippen LogP contribution in [0.15, 0.2) is 48.5 Å². The first kappa shape index (κ1) is 20.0. The third-order valence-corrected chi connectivity index (χ3v) is 5.18. The van der Waals surface area contributed by atoms with E-state index in [0.29, 0.717) is 24.2 Å². The average Bonchev–Trinajstić information content (AvgIpc) is 2.72. The highest BCUT2D eigenvalue weighted by atomic mass is 19.1. The number of likely N-dealkylation sites (tertiary alicyclic amines) is 1. The quantitative estimate of drug-likeness (QED) is 0.722. The second-order valence-electron chi connectivity index (χ2n) is 7.21. The Morgan fingerprint density at radius 3 is 2.61 bits per heavy atom. The highest BCUT2D eigenvalue weighted by Gasteiger charge is 2.23. The molecular weight excluding hydrogens is 357 g/mol. The van der Waals surface area contributed by atoms with Gasteiger partial charge in [-0.05, 0) is 56.1 Å². The van der Waals surface area contributed by atoms with Crippen LogP contribution in [0.2, 0.25) is 0 Å². The number of piperidine rings is 1. The van der Waals surface area contributed by atoms with Gasteiger partial charge < -0.3 is 16.0 Å². The fourth-order valence-corrected chi connectivity index (χ4v) is 3.59. The molecule has 1 aliphatic heterocycles. The smallest absolute Gasteiger partial charge is 0.251 e. The van der Waals surface area contributed by atoms with Crippen LogP contribution in [-0.4, -0.2) is 42.9 Å². The van der Waals surface area contributed by atoms with Gasteiger partial charge in [0, 0.05) is 24.2 Å². The van der Waals surface area contributed by atoms with Crippen molar-refractivity contribution >= 4 is 11.8 Å². The zero-order valence-electron chi connectivity index (χ0n) is 15.9. The molecule has 6 heteroatoms. The predicted octanol–water partition coefficient (Wildman–Crippen LogP) is 2.81. The molecule has 148 valence electrons. The van der Waals surface area contributed by atoms with Crippen LogP contribution in [0.25, 0.3) is 11.1 Å². The van der Waals surface area contributed by atoms with Crippen molar-refractivity contribution in [2.24, 2.45) is 11.7 Å². The van der Waals surface area contributed by atoms with Gasteiger partial charge in [0.2, 0.25) is 5.91 Å². The van der Waals surface area contributed by atoms with Crippen molar-refractivity contribution in [3.8, 4) is 11.1 Å². The minimum atomic E-state index is -0.281. The molecule has 1 unspecified atom stereocenters. The molecule has 28 heavy (non-hydrogen) atoms. The van der Waals surface area contributed by atoms with E-state index in [-0.39, 0.29) is 23.5 Å². The van der Waals surface area contributed by atoms with E-state index >= 15 is 0 Å². The maximum absolute atomic E-state index is 13.9. The molecule has 1 atom stereocenters. The lowest BCUT2D eigenvalue weighted by Crippen LogP contribution is -2.42. The molecule has 0 saturated carbocycles. The predicted molar refractivity (Wildman–Crippen MR) is 107 cm³/mol. The van der Waals surface area contributed by atoms with Crippen LogP contribution < -0.4 is 11.1 Å². The summed E-state index contributed by atoms with van der Waals surface area (Å²) in [6.45, 7) is 3.07. The van der Waals surface area contributed by atoms with Gasteiger partial charge in [0.25, 0.3) is 5.91 Å². The first-order chi connectivity index (χ1) is 13.5. The van der Waals surface area contributed by atoms with Crippen molar-refractivity contribution in [3.05, 3.63) is 59.9 Å². The highest BCUT2D eigenvalue weighted by Crippen LogP contribution is 2.22. The van der Waals surface area contributed by atoms with Crippen molar-refractivity contribution < 1.29 is 14.0 Å². The summed E-state index contributed by atoms with van der Waals surface area (Å²) in [5, 5.41) is 2.91. The maximum atomic E-state index is 13.9. The summed E-state index contributed by atoms with van der Waals surface area (Å²) < 4.78 is 13.9. The Labute approximate surface area is 164 Å². The summed E-state index contributed by atoms with van der Waals surface area (Å²) in [5.41, 5.74) is 7.21. The molecule has 2 aromatic rings. The molecular formula is C22H26FN3O2. The van der Waals surface area contributed by atoms with E-state index in [4.69, 9.17) is 5.73 Å². The molecule has 3 N–H and O–H groups in total. The second kappa shape index (κ2) is 9.46. The number of nitrogens with one attached hydrogen (secondary N) is 1. The van der Waals surface area contributed by atoms with Crippen molar-refractivity contribution in [1.29, 1.82) is 0 Å². The van der Waals surface area contributed by atoms with Gasteiger partial charge >= 0.3 is 0 Å². The topological polar surface area (TPSA) is 75.4 Å². The number of amides is 2. The Bertz CT molecular complexity index is 823. The number of rotatable bonds is 7. The normalized spacial score (nSPS) is 17.2. The lowest BCUT2D eigenvalue weighted by atomic mass is 9.97. The molecule has 1 saturated heterocycles. The third kappa shape index (κ3) is 5.16. The number of halogens is 1. The molecule has 0 radical (unpaired) electrons. The summed E-state index contributed by atoms with van der Waals surface area (Å²) in [6, 6.07) is 13.5. The number of hydrogen-bond acceptors (Lipinski definition) is 3. The van der Waals surface area contributed by atoms with Crippen LogP contribution in [0.5, 0.6) is 0 Å². The number of hydrogen-bond donors (Lipinski definition) is 2. The molecule has 1 aliphatic rings. The Balaban J connectivity index is 1.45. The van der Waals surface area contributed by atoms with Crippen LogP contribution >= 0.6 is 0 Å². The zero-order valence-corrected chi connectivity index (χ0v) is 15.9.